The van der Waals surface area contributed by atoms with E-state index in [-0.39, 0.29) is 0 Å². The van der Waals surface area contributed by atoms with Crippen molar-refractivity contribution in [2.75, 3.05) is 7.11 Å². The number of hydrogen-bond acceptors (Lipinski definition) is 3. The molecule has 20 heavy (non-hydrogen) atoms. The average Bonchev–Trinajstić information content (AvgIpc) is 2.90. The quantitative estimate of drug-likeness (QED) is 0.738. The van der Waals surface area contributed by atoms with E-state index in [0.717, 1.165) is 17.0 Å². The molecule has 0 amide bonds. The Morgan fingerprint density at radius 3 is 2.60 bits per heavy atom. The van der Waals surface area contributed by atoms with Crippen molar-refractivity contribution < 1.29 is 4.74 Å². The minimum absolute atomic E-state index is 0.328. The summed E-state index contributed by atoms with van der Waals surface area (Å²) in [5, 5.41) is 4.77. The summed E-state index contributed by atoms with van der Waals surface area (Å²) < 4.78 is 6.81. The Morgan fingerprint density at radius 1 is 1.05 bits per heavy atom. The van der Waals surface area contributed by atoms with Crippen molar-refractivity contribution in [1.29, 1.82) is 0 Å². The number of nitrogens with zero attached hydrogens (tertiary/aromatic N) is 3. The van der Waals surface area contributed by atoms with Gasteiger partial charge in [-0.15, -0.1) is 5.10 Å². The molecule has 2 aromatic carbocycles. The molecular formula is C15H12ClN3O. The summed E-state index contributed by atoms with van der Waals surface area (Å²) in [7, 11) is 1.63. The van der Waals surface area contributed by atoms with Crippen LogP contribution in [-0.4, -0.2) is 21.9 Å². The SMILES string of the molecule is COc1cccc(-c2nc(Cl)n(-c3ccccc3)n2)c1. The maximum absolute atomic E-state index is 6.16. The van der Waals surface area contributed by atoms with Crippen molar-refractivity contribution in [2.24, 2.45) is 0 Å². The Morgan fingerprint density at radius 2 is 1.85 bits per heavy atom. The van der Waals surface area contributed by atoms with Gasteiger partial charge in [0, 0.05) is 5.56 Å². The van der Waals surface area contributed by atoms with E-state index in [1.165, 1.54) is 0 Å². The number of aromatic nitrogens is 3. The van der Waals surface area contributed by atoms with E-state index < -0.39 is 0 Å². The molecule has 0 aliphatic carbocycles. The van der Waals surface area contributed by atoms with Crippen molar-refractivity contribution in [1.82, 2.24) is 14.8 Å². The predicted molar refractivity (Wildman–Crippen MR) is 78.4 cm³/mol. The van der Waals surface area contributed by atoms with Crippen LogP contribution in [0.1, 0.15) is 0 Å². The lowest BCUT2D eigenvalue weighted by Crippen LogP contribution is -1.96. The molecule has 0 aliphatic rings. The lowest BCUT2D eigenvalue weighted by Gasteiger charge is -2.01. The van der Waals surface area contributed by atoms with E-state index in [0.29, 0.717) is 11.1 Å². The third kappa shape index (κ3) is 2.38. The summed E-state index contributed by atoms with van der Waals surface area (Å²) in [5.74, 6) is 1.33. The second kappa shape index (κ2) is 5.35. The van der Waals surface area contributed by atoms with Crippen LogP contribution >= 0.6 is 11.6 Å². The fourth-order valence-corrected chi connectivity index (χ4v) is 2.13. The van der Waals surface area contributed by atoms with Crippen molar-refractivity contribution >= 4 is 11.6 Å². The van der Waals surface area contributed by atoms with Gasteiger partial charge in [0.1, 0.15) is 5.75 Å². The monoisotopic (exact) mass is 285 g/mol. The van der Waals surface area contributed by atoms with Gasteiger partial charge in [0.15, 0.2) is 5.82 Å². The molecular weight excluding hydrogens is 274 g/mol. The molecule has 0 unspecified atom stereocenters. The summed E-state index contributed by atoms with van der Waals surface area (Å²) in [6, 6.07) is 17.2. The van der Waals surface area contributed by atoms with Gasteiger partial charge < -0.3 is 4.74 Å². The fourth-order valence-electron chi connectivity index (χ4n) is 1.91. The average molecular weight is 286 g/mol. The summed E-state index contributed by atoms with van der Waals surface area (Å²) in [6.45, 7) is 0. The highest BCUT2D eigenvalue weighted by Gasteiger charge is 2.11. The second-order valence-electron chi connectivity index (χ2n) is 4.18. The molecule has 0 N–H and O–H groups in total. The fraction of sp³-hybridized carbons (Fsp3) is 0.0667. The molecule has 0 saturated carbocycles. The van der Waals surface area contributed by atoms with E-state index in [2.05, 4.69) is 10.1 Å². The lowest BCUT2D eigenvalue weighted by atomic mass is 10.2. The first-order chi connectivity index (χ1) is 9.78. The van der Waals surface area contributed by atoms with Gasteiger partial charge >= 0.3 is 0 Å². The molecule has 4 nitrogen and oxygen atoms in total. The first kappa shape index (κ1) is 12.7. The van der Waals surface area contributed by atoms with Crippen molar-refractivity contribution in [3.63, 3.8) is 0 Å². The number of para-hydroxylation sites is 1. The Balaban J connectivity index is 2.04. The molecule has 0 fully saturated rings. The van der Waals surface area contributed by atoms with Gasteiger partial charge in [-0.1, -0.05) is 30.3 Å². The van der Waals surface area contributed by atoms with E-state index in [1.54, 1.807) is 11.8 Å². The van der Waals surface area contributed by atoms with Crippen LogP contribution in [-0.2, 0) is 0 Å². The van der Waals surface area contributed by atoms with Crippen LogP contribution in [0.15, 0.2) is 54.6 Å². The standard InChI is InChI=1S/C15H12ClN3O/c1-20-13-9-5-6-11(10-13)14-17-15(16)19(18-14)12-7-3-2-4-8-12/h2-10H,1H3. The Kier molecular flexibility index (Phi) is 3.39. The van der Waals surface area contributed by atoms with Crippen LogP contribution in [0, 0.1) is 0 Å². The highest BCUT2D eigenvalue weighted by molar-refractivity contribution is 6.28. The predicted octanol–water partition coefficient (Wildman–Crippen LogP) is 3.60. The van der Waals surface area contributed by atoms with Gasteiger partial charge in [0.05, 0.1) is 12.8 Å². The van der Waals surface area contributed by atoms with Crippen LogP contribution in [0.2, 0.25) is 5.28 Å². The maximum Gasteiger partial charge on any atom is 0.226 e. The van der Waals surface area contributed by atoms with Gasteiger partial charge in [-0.2, -0.15) is 4.98 Å². The van der Waals surface area contributed by atoms with Gasteiger partial charge in [0.2, 0.25) is 5.28 Å². The first-order valence-electron chi connectivity index (χ1n) is 6.10. The third-order valence-corrected chi connectivity index (χ3v) is 3.14. The van der Waals surface area contributed by atoms with Gasteiger partial charge in [-0.05, 0) is 35.9 Å². The number of rotatable bonds is 3. The molecule has 5 heteroatoms. The lowest BCUT2D eigenvalue weighted by molar-refractivity contribution is 0.415. The molecule has 0 atom stereocenters. The topological polar surface area (TPSA) is 39.9 Å². The minimum Gasteiger partial charge on any atom is -0.497 e. The van der Waals surface area contributed by atoms with Crippen molar-refractivity contribution in [2.45, 2.75) is 0 Å². The number of methoxy groups -OCH3 is 1. The largest absolute Gasteiger partial charge is 0.497 e. The van der Waals surface area contributed by atoms with E-state index in [1.807, 2.05) is 54.6 Å². The number of ether oxygens (including phenoxy) is 1. The van der Waals surface area contributed by atoms with Crippen molar-refractivity contribution in [3.8, 4) is 22.8 Å². The van der Waals surface area contributed by atoms with Crippen LogP contribution < -0.4 is 4.74 Å². The summed E-state index contributed by atoms with van der Waals surface area (Å²) >= 11 is 6.16. The molecule has 3 rings (SSSR count). The molecule has 1 heterocycles. The highest BCUT2D eigenvalue weighted by Crippen LogP contribution is 2.23. The Hall–Kier alpha value is -2.33. The number of halogens is 1. The normalized spacial score (nSPS) is 10.5. The van der Waals surface area contributed by atoms with Crippen molar-refractivity contribution in [3.05, 3.63) is 59.9 Å². The molecule has 0 aliphatic heterocycles. The summed E-state index contributed by atoms with van der Waals surface area (Å²) in [4.78, 5) is 4.29. The molecule has 1 aromatic heterocycles. The highest BCUT2D eigenvalue weighted by atomic mass is 35.5. The van der Waals surface area contributed by atoms with E-state index >= 15 is 0 Å². The zero-order valence-corrected chi connectivity index (χ0v) is 11.6. The molecule has 0 saturated heterocycles. The van der Waals surface area contributed by atoms with Gasteiger partial charge in [-0.3, -0.25) is 0 Å². The summed E-state index contributed by atoms with van der Waals surface area (Å²) in [5.41, 5.74) is 1.74. The van der Waals surface area contributed by atoms with E-state index in [9.17, 15) is 0 Å². The maximum atomic E-state index is 6.16. The number of benzene rings is 2. The summed E-state index contributed by atoms with van der Waals surface area (Å²) in [6.07, 6.45) is 0. The third-order valence-electron chi connectivity index (χ3n) is 2.90. The van der Waals surface area contributed by atoms with Crippen LogP contribution in [0.3, 0.4) is 0 Å². The molecule has 0 radical (unpaired) electrons. The number of hydrogen-bond donors (Lipinski definition) is 0. The van der Waals surface area contributed by atoms with Crippen LogP contribution in [0.25, 0.3) is 17.1 Å². The first-order valence-corrected chi connectivity index (χ1v) is 6.48. The molecule has 3 aromatic rings. The zero-order chi connectivity index (χ0) is 13.9. The smallest absolute Gasteiger partial charge is 0.226 e. The van der Waals surface area contributed by atoms with Crippen LogP contribution in [0.5, 0.6) is 5.75 Å². The minimum atomic E-state index is 0.328. The Labute approximate surface area is 121 Å². The van der Waals surface area contributed by atoms with Gasteiger partial charge in [-0.25, -0.2) is 4.68 Å². The molecule has 0 spiro atoms. The van der Waals surface area contributed by atoms with Gasteiger partial charge in [0.25, 0.3) is 0 Å². The Bertz CT molecular complexity index is 725. The molecule has 0 bridgehead atoms. The van der Waals surface area contributed by atoms with E-state index in [4.69, 9.17) is 16.3 Å². The zero-order valence-electron chi connectivity index (χ0n) is 10.8. The molecule has 100 valence electrons. The second-order valence-corrected chi connectivity index (χ2v) is 4.52. The van der Waals surface area contributed by atoms with Crippen LogP contribution in [0.4, 0.5) is 0 Å².